The second-order valence-corrected chi connectivity index (χ2v) is 10.9. The topological polar surface area (TPSA) is 109 Å². The van der Waals surface area contributed by atoms with E-state index in [1.807, 2.05) is 32.0 Å². The second-order valence-electron chi connectivity index (χ2n) is 10.9. The molecule has 0 radical (unpaired) electrons. The number of benzene rings is 1. The summed E-state index contributed by atoms with van der Waals surface area (Å²) in [6.07, 6.45) is 4.80. The molecule has 1 aromatic heterocycles. The van der Waals surface area contributed by atoms with Crippen molar-refractivity contribution >= 4 is 17.4 Å². The standard InChI is InChI=1S/C26H32F2N6O3/c1-12(2)21-29-11-20(37-25(27)28)23(31-21)32-22-15-6-4-13(8-19(15)33-34-22)17-10-26(17)16-9-14(36-3)5-7-18(16)30-24(26)35/h5,7,9,11-13,15,17,19,22,25,33-34H,4,6,8,10H2,1-3H3,(H,30,35)(H,29,31,32)/t13?,15?,17-,19?,22?,26-/m0/s1. The van der Waals surface area contributed by atoms with Gasteiger partial charge in [0, 0.05) is 23.6 Å². The summed E-state index contributed by atoms with van der Waals surface area (Å²) in [4.78, 5) is 21.7. The van der Waals surface area contributed by atoms with E-state index >= 15 is 0 Å². The summed E-state index contributed by atoms with van der Waals surface area (Å²) < 4.78 is 36.1. The fourth-order valence-corrected chi connectivity index (χ4v) is 6.61. The van der Waals surface area contributed by atoms with Gasteiger partial charge in [0.25, 0.3) is 0 Å². The smallest absolute Gasteiger partial charge is 0.387 e. The predicted octanol–water partition coefficient (Wildman–Crippen LogP) is 3.75. The Hall–Kier alpha value is -3.05. The van der Waals surface area contributed by atoms with Crippen molar-refractivity contribution in [2.45, 2.75) is 69.7 Å². The largest absolute Gasteiger partial charge is 0.497 e. The molecule has 1 aromatic carbocycles. The van der Waals surface area contributed by atoms with Gasteiger partial charge in [0.05, 0.1) is 24.9 Å². The van der Waals surface area contributed by atoms with Gasteiger partial charge in [0.2, 0.25) is 5.91 Å². The molecular formula is C26H32F2N6O3. The van der Waals surface area contributed by atoms with Gasteiger partial charge in [-0.05, 0) is 61.3 Å². The van der Waals surface area contributed by atoms with Crippen LogP contribution < -0.4 is 31.0 Å². The van der Waals surface area contributed by atoms with Crippen LogP contribution >= 0.6 is 0 Å². The van der Waals surface area contributed by atoms with Crippen molar-refractivity contribution in [3.05, 3.63) is 35.8 Å². The molecule has 2 aliphatic carbocycles. The first kappa shape index (κ1) is 24.3. The van der Waals surface area contributed by atoms with E-state index in [0.29, 0.717) is 11.7 Å². The molecule has 9 nitrogen and oxygen atoms in total. The normalized spacial score (nSPS) is 31.9. The van der Waals surface area contributed by atoms with Crippen molar-refractivity contribution in [3.63, 3.8) is 0 Å². The maximum atomic E-state index is 13.1. The van der Waals surface area contributed by atoms with Crippen LogP contribution in [0.15, 0.2) is 24.4 Å². The van der Waals surface area contributed by atoms with Crippen molar-refractivity contribution in [1.29, 1.82) is 0 Å². The Labute approximate surface area is 214 Å². The number of nitrogens with zero attached hydrogens (tertiary/aromatic N) is 2. The van der Waals surface area contributed by atoms with Crippen LogP contribution in [0.1, 0.15) is 56.8 Å². The fraction of sp³-hybridized carbons (Fsp3) is 0.577. The Balaban J connectivity index is 1.16. The number of halogens is 2. The van der Waals surface area contributed by atoms with Crippen LogP contribution in [0.3, 0.4) is 0 Å². The number of carbonyl (C=O) groups excluding carboxylic acids is 1. The molecule has 1 spiro atoms. The highest BCUT2D eigenvalue weighted by molar-refractivity contribution is 6.09. The lowest BCUT2D eigenvalue weighted by Gasteiger charge is -2.34. The van der Waals surface area contributed by atoms with Crippen molar-refractivity contribution in [2.75, 3.05) is 17.7 Å². The molecule has 1 saturated heterocycles. The lowest BCUT2D eigenvalue weighted by Crippen LogP contribution is -2.39. The number of hydrazine groups is 1. The van der Waals surface area contributed by atoms with Crippen LogP contribution in [-0.4, -0.2) is 41.8 Å². The minimum absolute atomic E-state index is 0.0442. The van der Waals surface area contributed by atoms with Crippen LogP contribution in [0.4, 0.5) is 20.3 Å². The number of ether oxygens (including phenoxy) is 2. The van der Waals surface area contributed by atoms with Crippen molar-refractivity contribution in [3.8, 4) is 11.5 Å². The van der Waals surface area contributed by atoms with E-state index in [1.165, 1.54) is 6.20 Å². The summed E-state index contributed by atoms with van der Waals surface area (Å²) in [6.45, 7) is 0.933. The Kier molecular flexibility index (Phi) is 5.95. The Bertz CT molecular complexity index is 1210. The summed E-state index contributed by atoms with van der Waals surface area (Å²) >= 11 is 0. The molecule has 4 aliphatic rings. The van der Waals surface area contributed by atoms with Gasteiger partial charge in [-0.15, -0.1) is 0 Å². The first-order valence-corrected chi connectivity index (χ1v) is 12.9. The average Bonchev–Trinajstić information content (AvgIpc) is 3.43. The molecule has 198 valence electrons. The molecule has 3 fully saturated rings. The lowest BCUT2D eigenvalue weighted by atomic mass is 9.74. The van der Waals surface area contributed by atoms with E-state index in [2.05, 4.69) is 36.2 Å². The molecule has 1 amide bonds. The van der Waals surface area contributed by atoms with Gasteiger partial charge in [0.1, 0.15) is 11.6 Å². The molecule has 4 unspecified atom stereocenters. The van der Waals surface area contributed by atoms with Gasteiger partial charge in [-0.3, -0.25) is 10.2 Å². The quantitative estimate of drug-likeness (QED) is 0.443. The number of hydrogen-bond donors (Lipinski definition) is 4. The van der Waals surface area contributed by atoms with Gasteiger partial charge in [-0.2, -0.15) is 8.78 Å². The maximum Gasteiger partial charge on any atom is 0.387 e. The van der Waals surface area contributed by atoms with Crippen LogP contribution in [0.25, 0.3) is 0 Å². The van der Waals surface area contributed by atoms with E-state index < -0.39 is 12.0 Å². The Morgan fingerprint density at radius 3 is 2.81 bits per heavy atom. The zero-order chi connectivity index (χ0) is 25.9. The summed E-state index contributed by atoms with van der Waals surface area (Å²) in [5.41, 5.74) is 8.18. The number of aromatic nitrogens is 2. The number of carbonyl (C=O) groups is 1. The zero-order valence-corrected chi connectivity index (χ0v) is 21.1. The summed E-state index contributed by atoms with van der Waals surface area (Å²) in [5.74, 6) is 2.57. The van der Waals surface area contributed by atoms with Crippen LogP contribution in [0, 0.1) is 17.8 Å². The molecule has 2 saturated carbocycles. The van der Waals surface area contributed by atoms with E-state index in [4.69, 9.17) is 4.74 Å². The lowest BCUT2D eigenvalue weighted by molar-refractivity contribution is -0.118. The van der Waals surface area contributed by atoms with Crippen LogP contribution in [0.5, 0.6) is 11.5 Å². The van der Waals surface area contributed by atoms with Gasteiger partial charge >= 0.3 is 6.61 Å². The number of rotatable bonds is 7. The highest BCUT2D eigenvalue weighted by Gasteiger charge is 2.67. The molecule has 0 bridgehead atoms. The number of anilines is 2. The van der Waals surface area contributed by atoms with Crippen molar-refractivity contribution < 1.29 is 23.0 Å². The highest BCUT2D eigenvalue weighted by atomic mass is 19.3. The molecule has 2 aromatic rings. The molecule has 3 heterocycles. The third kappa shape index (κ3) is 4.08. The average molecular weight is 515 g/mol. The van der Waals surface area contributed by atoms with Gasteiger partial charge in [0.15, 0.2) is 11.6 Å². The van der Waals surface area contributed by atoms with E-state index in [1.54, 1.807) is 7.11 Å². The summed E-state index contributed by atoms with van der Waals surface area (Å²) in [7, 11) is 1.64. The molecule has 6 rings (SSSR count). The molecule has 11 heteroatoms. The number of methoxy groups -OCH3 is 1. The summed E-state index contributed by atoms with van der Waals surface area (Å²) in [5, 5.41) is 6.36. The Morgan fingerprint density at radius 2 is 2.05 bits per heavy atom. The highest BCUT2D eigenvalue weighted by Crippen LogP contribution is 2.65. The first-order chi connectivity index (χ1) is 17.8. The maximum absolute atomic E-state index is 13.1. The van der Waals surface area contributed by atoms with E-state index in [0.717, 1.165) is 42.7 Å². The second kappa shape index (κ2) is 9.05. The SMILES string of the molecule is COc1ccc2c(c1)[C@]1(C[C@H]1C1CCC3C(C1)NNC3Nc1nc(C(C)C)ncc1OC(F)F)C(=O)N2. The van der Waals surface area contributed by atoms with Gasteiger partial charge in [-0.25, -0.2) is 15.4 Å². The van der Waals surface area contributed by atoms with Crippen LogP contribution in [0.2, 0.25) is 0 Å². The summed E-state index contributed by atoms with van der Waals surface area (Å²) in [6, 6.07) is 5.99. The van der Waals surface area contributed by atoms with E-state index in [-0.39, 0.29) is 47.4 Å². The molecule has 2 aliphatic heterocycles. The zero-order valence-electron chi connectivity index (χ0n) is 21.1. The fourth-order valence-electron chi connectivity index (χ4n) is 6.61. The molecule has 6 atom stereocenters. The third-order valence-electron chi connectivity index (χ3n) is 8.54. The minimum Gasteiger partial charge on any atom is -0.497 e. The van der Waals surface area contributed by atoms with Crippen molar-refractivity contribution in [2.24, 2.45) is 17.8 Å². The molecule has 37 heavy (non-hydrogen) atoms. The number of hydrogen-bond acceptors (Lipinski definition) is 8. The molecular weight excluding hydrogens is 482 g/mol. The van der Waals surface area contributed by atoms with E-state index in [9.17, 15) is 13.6 Å². The minimum atomic E-state index is -2.96. The van der Waals surface area contributed by atoms with Crippen molar-refractivity contribution in [1.82, 2.24) is 20.8 Å². The number of amides is 1. The third-order valence-corrected chi connectivity index (χ3v) is 8.54. The number of nitrogens with one attached hydrogen (secondary N) is 4. The monoisotopic (exact) mass is 514 g/mol. The van der Waals surface area contributed by atoms with Crippen LogP contribution in [-0.2, 0) is 10.2 Å². The number of alkyl halides is 2. The number of fused-ring (bicyclic) bond motifs is 3. The van der Waals surface area contributed by atoms with Gasteiger partial charge < -0.3 is 20.1 Å². The first-order valence-electron chi connectivity index (χ1n) is 12.9. The Morgan fingerprint density at radius 1 is 1.22 bits per heavy atom. The predicted molar refractivity (Wildman–Crippen MR) is 132 cm³/mol. The molecule has 4 N–H and O–H groups in total. The van der Waals surface area contributed by atoms with Gasteiger partial charge in [-0.1, -0.05) is 13.8 Å².